The van der Waals surface area contributed by atoms with Crippen LogP contribution in [0.25, 0.3) is 0 Å². The maximum Gasteiger partial charge on any atom is 0.312 e. The number of nitrogens with zero attached hydrogens (tertiary/aromatic N) is 1. The minimum Gasteiger partial charge on any atom is -0.469 e. The third kappa shape index (κ3) is 5.11. The molecule has 19 heavy (non-hydrogen) atoms. The molecule has 0 amide bonds. The quantitative estimate of drug-likeness (QED) is 0.750. The summed E-state index contributed by atoms with van der Waals surface area (Å²) in [6.45, 7) is 11.2. The van der Waals surface area contributed by atoms with Crippen molar-refractivity contribution in [1.29, 1.82) is 0 Å². The molecule has 1 aliphatic heterocycles. The van der Waals surface area contributed by atoms with E-state index in [9.17, 15) is 4.79 Å². The van der Waals surface area contributed by atoms with E-state index in [-0.39, 0.29) is 5.97 Å². The van der Waals surface area contributed by atoms with Gasteiger partial charge in [-0.05, 0) is 33.2 Å². The Morgan fingerprint density at radius 2 is 2.11 bits per heavy atom. The fourth-order valence-corrected chi connectivity index (χ4v) is 2.72. The molecule has 0 radical (unpaired) electrons. The maximum absolute atomic E-state index is 11.8. The highest BCUT2D eigenvalue weighted by atomic mass is 16.5. The van der Waals surface area contributed by atoms with Gasteiger partial charge in [-0.25, -0.2) is 0 Å². The summed E-state index contributed by atoms with van der Waals surface area (Å²) in [5, 5.41) is 3.52. The second-order valence-corrected chi connectivity index (χ2v) is 6.56. The van der Waals surface area contributed by atoms with Gasteiger partial charge in [0.15, 0.2) is 0 Å². The second kappa shape index (κ2) is 7.25. The Balaban J connectivity index is 2.59. The van der Waals surface area contributed by atoms with Crippen molar-refractivity contribution in [2.75, 3.05) is 26.7 Å². The van der Waals surface area contributed by atoms with Crippen molar-refractivity contribution < 1.29 is 9.53 Å². The highest BCUT2D eigenvalue weighted by Gasteiger charge is 2.34. The van der Waals surface area contributed by atoms with Gasteiger partial charge >= 0.3 is 5.97 Å². The second-order valence-electron chi connectivity index (χ2n) is 6.56. The minimum atomic E-state index is -0.428. The van der Waals surface area contributed by atoms with Crippen molar-refractivity contribution >= 4 is 5.97 Å². The van der Waals surface area contributed by atoms with Gasteiger partial charge in [-0.2, -0.15) is 0 Å². The van der Waals surface area contributed by atoms with Gasteiger partial charge in [0.2, 0.25) is 0 Å². The van der Waals surface area contributed by atoms with Crippen LogP contribution in [-0.2, 0) is 9.53 Å². The lowest BCUT2D eigenvalue weighted by atomic mass is 9.90. The summed E-state index contributed by atoms with van der Waals surface area (Å²) in [5.41, 5.74) is -0.428. The fraction of sp³-hybridized carbons (Fsp3) is 0.933. The first-order valence-corrected chi connectivity index (χ1v) is 7.42. The lowest BCUT2D eigenvalue weighted by molar-refractivity contribution is -0.152. The Morgan fingerprint density at radius 3 is 2.68 bits per heavy atom. The molecule has 1 rings (SSSR count). The van der Waals surface area contributed by atoms with Crippen molar-refractivity contribution in [3.63, 3.8) is 0 Å². The number of ether oxygens (including phenoxy) is 1. The normalized spacial score (nSPS) is 21.7. The van der Waals surface area contributed by atoms with E-state index >= 15 is 0 Å². The Bertz CT molecular complexity index is 290. The fourth-order valence-electron chi connectivity index (χ4n) is 2.72. The van der Waals surface area contributed by atoms with Crippen molar-refractivity contribution in [2.24, 2.45) is 5.41 Å². The average molecular weight is 270 g/mol. The highest BCUT2D eigenvalue weighted by molar-refractivity contribution is 5.76. The smallest absolute Gasteiger partial charge is 0.312 e. The number of likely N-dealkylation sites (tertiary alicyclic amines) is 1. The molecule has 112 valence electrons. The Morgan fingerprint density at radius 1 is 1.42 bits per heavy atom. The van der Waals surface area contributed by atoms with Crippen molar-refractivity contribution in [2.45, 2.75) is 59.0 Å². The molecule has 4 nitrogen and oxygen atoms in total. The van der Waals surface area contributed by atoms with E-state index in [2.05, 4.69) is 24.1 Å². The predicted molar refractivity (Wildman–Crippen MR) is 78.1 cm³/mol. The summed E-state index contributed by atoms with van der Waals surface area (Å²) < 4.78 is 4.91. The molecule has 1 heterocycles. The van der Waals surface area contributed by atoms with Gasteiger partial charge in [0.1, 0.15) is 0 Å². The lowest BCUT2D eigenvalue weighted by Gasteiger charge is -2.40. The highest BCUT2D eigenvalue weighted by Crippen LogP contribution is 2.24. The van der Waals surface area contributed by atoms with E-state index in [0.29, 0.717) is 12.1 Å². The van der Waals surface area contributed by atoms with E-state index < -0.39 is 5.41 Å². The zero-order valence-corrected chi connectivity index (χ0v) is 13.2. The first-order valence-electron chi connectivity index (χ1n) is 7.42. The van der Waals surface area contributed by atoms with Gasteiger partial charge in [-0.15, -0.1) is 0 Å². The van der Waals surface area contributed by atoms with Gasteiger partial charge in [0.05, 0.1) is 12.5 Å². The van der Waals surface area contributed by atoms with Crippen LogP contribution in [-0.4, -0.2) is 49.7 Å². The Labute approximate surface area is 117 Å². The topological polar surface area (TPSA) is 41.6 Å². The molecule has 0 aromatic heterocycles. The molecule has 1 N–H and O–H groups in total. The van der Waals surface area contributed by atoms with E-state index in [1.807, 2.05) is 13.8 Å². The first-order chi connectivity index (χ1) is 8.86. The van der Waals surface area contributed by atoms with Gasteiger partial charge in [-0.1, -0.05) is 20.3 Å². The number of nitrogens with one attached hydrogen (secondary N) is 1. The number of carbonyl (C=O) groups is 1. The molecule has 1 atom stereocenters. The number of rotatable bonds is 6. The molecule has 0 aliphatic carbocycles. The van der Waals surface area contributed by atoms with Crippen LogP contribution in [0.15, 0.2) is 0 Å². The van der Waals surface area contributed by atoms with Crippen LogP contribution < -0.4 is 5.32 Å². The molecular formula is C15H30N2O2. The maximum atomic E-state index is 11.8. The Hall–Kier alpha value is -0.610. The summed E-state index contributed by atoms with van der Waals surface area (Å²) in [7, 11) is 1.47. The number of hydrogen-bond donors (Lipinski definition) is 1. The monoisotopic (exact) mass is 270 g/mol. The molecule has 1 fully saturated rings. The van der Waals surface area contributed by atoms with E-state index in [1.165, 1.54) is 26.4 Å². The van der Waals surface area contributed by atoms with Crippen LogP contribution in [0, 0.1) is 5.41 Å². The molecule has 0 aromatic rings. The van der Waals surface area contributed by atoms with Gasteiger partial charge in [0.25, 0.3) is 0 Å². The van der Waals surface area contributed by atoms with E-state index in [4.69, 9.17) is 4.74 Å². The number of methoxy groups -OCH3 is 1. The van der Waals surface area contributed by atoms with E-state index in [0.717, 1.165) is 19.6 Å². The van der Waals surface area contributed by atoms with Crippen molar-refractivity contribution in [1.82, 2.24) is 10.2 Å². The number of piperidine rings is 1. The number of hydrogen-bond acceptors (Lipinski definition) is 4. The zero-order valence-electron chi connectivity index (χ0n) is 13.2. The summed E-state index contributed by atoms with van der Waals surface area (Å²) >= 11 is 0. The molecule has 1 saturated heterocycles. The number of carbonyl (C=O) groups excluding carboxylic acids is 1. The van der Waals surface area contributed by atoms with Crippen molar-refractivity contribution in [3.05, 3.63) is 0 Å². The first kappa shape index (κ1) is 16.4. The SMILES string of the molecule is COC(=O)C(C)(C)CN1CCCCC1CNC(C)C. The van der Waals surface area contributed by atoms with Crippen LogP contribution in [0.2, 0.25) is 0 Å². The van der Waals surface area contributed by atoms with Crippen LogP contribution in [0.4, 0.5) is 0 Å². The molecule has 1 aliphatic rings. The standard InChI is InChI=1S/C15H30N2O2/c1-12(2)16-10-13-8-6-7-9-17(13)11-15(3,4)14(18)19-5/h12-13,16H,6-11H2,1-5H3. The summed E-state index contributed by atoms with van der Waals surface area (Å²) in [6.07, 6.45) is 3.74. The summed E-state index contributed by atoms with van der Waals surface area (Å²) in [5.74, 6) is -0.117. The molecule has 0 saturated carbocycles. The van der Waals surface area contributed by atoms with Crippen LogP contribution >= 0.6 is 0 Å². The van der Waals surface area contributed by atoms with Gasteiger partial charge < -0.3 is 10.1 Å². The Kier molecular flexibility index (Phi) is 6.27. The number of esters is 1. The van der Waals surface area contributed by atoms with E-state index in [1.54, 1.807) is 0 Å². The van der Waals surface area contributed by atoms with Crippen molar-refractivity contribution in [3.8, 4) is 0 Å². The average Bonchev–Trinajstić information content (AvgIpc) is 2.36. The molecule has 1 unspecified atom stereocenters. The molecular weight excluding hydrogens is 240 g/mol. The third-order valence-corrected chi connectivity index (χ3v) is 3.85. The molecule has 4 heteroatoms. The third-order valence-electron chi connectivity index (χ3n) is 3.85. The summed E-state index contributed by atoms with van der Waals surface area (Å²) in [4.78, 5) is 14.3. The molecule has 0 spiro atoms. The molecule has 0 aromatic carbocycles. The van der Waals surface area contributed by atoms with Gasteiger partial charge in [-0.3, -0.25) is 9.69 Å². The summed E-state index contributed by atoms with van der Waals surface area (Å²) in [6, 6.07) is 1.05. The molecule has 0 bridgehead atoms. The lowest BCUT2D eigenvalue weighted by Crippen LogP contribution is -2.51. The predicted octanol–water partition coefficient (Wildman–Crippen LogP) is 2.04. The largest absolute Gasteiger partial charge is 0.469 e. The van der Waals surface area contributed by atoms with Crippen LogP contribution in [0.3, 0.4) is 0 Å². The van der Waals surface area contributed by atoms with Gasteiger partial charge in [0, 0.05) is 25.2 Å². The zero-order chi connectivity index (χ0) is 14.5. The minimum absolute atomic E-state index is 0.117. The van der Waals surface area contributed by atoms with Crippen LogP contribution in [0.1, 0.15) is 47.0 Å². The van der Waals surface area contributed by atoms with Crippen LogP contribution in [0.5, 0.6) is 0 Å².